The largest absolute Gasteiger partial charge is 0.393 e. The first-order valence-electron chi connectivity index (χ1n) is 6.53. The Morgan fingerprint density at radius 1 is 1.44 bits per heavy atom. The van der Waals surface area contributed by atoms with Crippen LogP contribution >= 0.6 is 0 Å². The lowest BCUT2D eigenvalue weighted by molar-refractivity contribution is 0.127. The van der Waals surface area contributed by atoms with Crippen LogP contribution in [0.1, 0.15) is 46.5 Å². The van der Waals surface area contributed by atoms with Gasteiger partial charge < -0.3 is 10.4 Å². The Balaban J connectivity index is 2.16. The summed E-state index contributed by atoms with van der Waals surface area (Å²) in [5.41, 5.74) is 0.193. The fourth-order valence-electron chi connectivity index (χ4n) is 2.53. The zero-order valence-corrected chi connectivity index (χ0v) is 11.0. The molecule has 16 heavy (non-hydrogen) atoms. The maximum atomic E-state index is 9.40. The van der Waals surface area contributed by atoms with Crippen molar-refractivity contribution in [1.82, 2.24) is 5.32 Å². The second-order valence-electron chi connectivity index (χ2n) is 6.00. The quantitative estimate of drug-likeness (QED) is 0.681. The van der Waals surface area contributed by atoms with Crippen LogP contribution in [-0.2, 0) is 0 Å². The van der Waals surface area contributed by atoms with Gasteiger partial charge in [0.2, 0.25) is 0 Å². The molecule has 2 heteroatoms. The second-order valence-corrected chi connectivity index (χ2v) is 6.00. The lowest BCUT2D eigenvalue weighted by Crippen LogP contribution is -2.34. The van der Waals surface area contributed by atoms with Crippen LogP contribution in [0.4, 0.5) is 0 Å². The van der Waals surface area contributed by atoms with E-state index >= 15 is 0 Å². The fraction of sp³-hybridized carbons (Fsp3) is 0.857. The topological polar surface area (TPSA) is 32.3 Å². The molecule has 94 valence electrons. The lowest BCUT2D eigenvalue weighted by atomic mass is 9.86. The first-order valence-corrected chi connectivity index (χ1v) is 6.53. The van der Waals surface area contributed by atoms with Crippen LogP contribution in [0.3, 0.4) is 0 Å². The van der Waals surface area contributed by atoms with E-state index in [1.165, 1.54) is 19.3 Å². The Hall–Kier alpha value is -0.340. The van der Waals surface area contributed by atoms with Crippen LogP contribution < -0.4 is 5.32 Å². The fourth-order valence-corrected chi connectivity index (χ4v) is 2.53. The highest BCUT2D eigenvalue weighted by Gasteiger charge is 2.20. The molecule has 0 aromatic heterocycles. The molecular formula is C14H27NO. The van der Waals surface area contributed by atoms with Gasteiger partial charge in [-0.25, -0.2) is 0 Å². The van der Waals surface area contributed by atoms with E-state index in [2.05, 4.69) is 31.3 Å². The van der Waals surface area contributed by atoms with Crippen LogP contribution in [-0.4, -0.2) is 24.3 Å². The molecule has 2 unspecified atom stereocenters. The van der Waals surface area contributed by atoms with Gasteiger partial charge in [-0.15, -0.1) is 0 Å². The molecule has 1 rings (SSSR count). The van der Waals surface area contributed by atoms with Crippen molar-refractivity contribution in [2.45, 2.75) is 52.6 Å². The van der Waals surface area contributed by atoms with Crippen LogP contribution in [0.2, 0.25) is 0 Å². The molecule has 0 bridgehead atoms. The third-order valence-electron chi connectivity index (χ3n) is 3.26. The lowest BCUT2D eigenvalue weighted by Gasteiger charge is -2.28. The summed E-state index contributed by atoms with van der Waals surface area (Å²) in [5.74, 6) is 0.812. The van der Waals surface area contributed by atoms with Gasteiger partial charge in [0.05, 0.1) is 6.10 Å². The van der Waals surface area contributed by atoms with Crippen molar-refractivity contribution in [2.24, 2.45) is 11.3 Å². The van der Waals surface area contributed by atoms with Gasteiger partial charge in [-0.1, -0.05) is 26.0 Å². The van der Waals surface area contributed by atoms with Crippen molar-refractivity contribution in [1.29, 1.82) is 0 Å². The van der Waals surface area contributed by atoms with E-state index in [0.717, 1.165) is 25.4 Å². The number of nitrogens with one attached hydrogen (secondary N) is 1. The van der Waals surface area contributed by atoms with E-state index in [9.17, 15) is 5.11 Å². The summed E-state index contributed by atoms with van der Waals surface area (Å²) in [6.45, 7) is 8.42. The van der Waals surface area contributed by atoms with Gasteiger partial charge in [0.15, 0.2) is 0 Å². The average molecular weight is 225 g/mol. The van der Waals surface area contributed by atoms with E-state index in [1.807, 2.05) is 6.92 Å². The van der Waals surface area contributed by atoms with Gasteiger partial charge in [0.1, 0.15) is 0 Å². The molecule has 0 radical (unpaired) electrons. The summed E-state index contributed by atoms with van der Waals surface area (Å²) in [4.78, 5) is 0. The molecule has 0 aromatic carbocycles. The van der Waals surface area contributed by atoms with Gasteiger partial charge in [-0.2, -0.15) is 0 Å². The van der Waals surface area contributed by atoms with Crippen LogP contribution in [0, 0.1) is 11.3 Å². The Morgan fingerprint density at radius 3 is 2.75 bits per heavy atom. The summed E-state index contributed by atoms with van der Waals surface area (Å²) < 4.78 is 0. The third-order valence-corrected chi connectivity index (χ3v) is 3.26. The standard InChI is InChI=1S/C14H27NO/c1-12(16)9-14(2,3)11-15-10-13-7-5-4-6-8-13/h4-5,12-13,15-16H,6-11H2,1-3H3. The number of allylic oxidation sites excluding steroid dienone is 2. The minimum absolute atomic E-state index is 0.193. The van der Waals surface area contributed by atoms with E-state index < -0.39 is 0 Å². The third kappa shape index (κ3) is 5.66. The number of rotatable bonds is 6. The normalized spacial score (nSPS) is 23.4. The first kappa shape index (κ1) is 13.7. The molecule has 2 N–H and O–H groups in total. The predicted molar refractivity (Wildman–Crippen MR) is 69.4 cm³/mol. The molecule has 2 nitrogen and oxygen atoms in total. The minimum Gasteiger partial charge on any atom is -0.393 e. The van der Waals surface area contributed by atoms with Crippen LogP contribution in [0.5, 0.6) is 0 Å². The van der Waals surface area contributed by atoms with Gasteiger partial charge in [0, 0.05) is 6.54 Å². The van der Waals surface area contributed by atoms with Crippen molar-refractivity contribution < 1.29 is 5.11 Å². The molecule has 0 aromatic rings. The zero-order valence-electron chi connectivity index (χ0n) is 11.0. The molecule has 0 heterocycles. The highest BCUT2D eigenvalue weighted by Crippen LogP contribution is 2.22. The Labute approximate surface area is 100 Å². The molecule has 0 fully saturated rings. The summed E-state index contributed by atoms with van der Waals surface area (Å²) in [6.07, 6.45) is 9.04. The molecule has 2 atom stereocenters. The van der Waals surface area contributed by atoms with Crippen molar-refractivity contribution >= 4 is 0 Å². The van der Waals surface area contributed by atoms with Crippen molar-refractivity contribution in [2.75, 3.05) is 13.1 Å². The molecule has 0 amide bonds. The number of aliphatic hydroxyl groups excluding tert-OH is 1. The Morgan fingerprint density at radius 2 is 2.19 bits per heavy atom. The molecule has 1 aliphatic carbocycles. The number of hydrogen-bond donors (Lipinski definition) is 2. The van der Waals surface area contributed by atoms with Gasteiger partial charge in [-0.05, 0) is 50.5 Å². The zero-order chi connectivity index (χ0) is 12.0. The highest BCUT2D eigenvalue weighted by atomic mass is 16.3. The first-order chi connectivity index (χ1) is 7.49. The second kappa shape index (κ2) is 6.41. The smallest absolute Gasteiger partial charge is 0.0517 e. The monoisotopic (exact) mass is 225 g/mol. The summed E-state index contributed by atoms with van der Waals surface area (Å²) >= 11 is 0. The SMILES string of the molecule is CC(O)CC(C)(C)CNCC1CC=CCC1. The Kier molecular flexibility index (Phi) is 5.50. The molecule has 0 saturated heterocycles. The van der Waals surface area contributed by atoms with Crippen molar-refractivity contribution in [3.8, 4) is 0 Å². The van der Waals surface area contributed by atoms with Gasteiger partial charge >= 0.3 is 0 Å². The van der Waals surface area contributed by atoms with Crippen molar-refractivity contribution in [3.05, 3.63) is 12.2 Å². The Bertz CT molecular complexity index is 221. The summed E-state index contributed by atoms with van der Waals surface area (Å²) in [7, 11) is 0. The van der Waals surface area contributed by atoms with Crippen LogP contribution in [0.15, 0.2) is 12.2 Å². The molecule has 0 aliphatic heterocycles. The average Bonchev–Trinajstić information content (AvgIpc) is 2.16. The van der Waals surface area contributed by atoms with Crippen LogP contribution in [0.25, 0.3) is 0 Å². The summed E-state index contributed by atoms with van der Waals surface area (Å²) in [5, 5.41) is 13.0. The maximum Gasteiger partial charge on any atom is 0.0517 e. The number of hydrogen-bond acceptors (Lipinski definition) is 2. The minimum atomic E-state index is -0.200. The van der Waals surface area contributed by atoms with E-state index in [-0.39, 0.29) is 11.5 Å². The van der Waals surface area contributed by atoms with E-state index in [4.69, 9.17) is 0 Å². The molecule has 1 aliphatic rings. The van der Waals surface area contributed by atoms with E-state index in [0.29, 0.717) is 0 Å². The van der Waals surface area contributed by atoms with Gasteiger partial charge in [-0.3, -0.25) is 0 Å². The highest BCUT2D eigenvalue weighted by molar-refractivity contribution is 4.90. The predicted octanol–water partition coefficient (Wildman–Crippen LogP) is 2.73. The molecular weight excluding hydrogens is 198 g/mol. The van der Waals surface area contributed by atoms with Gasteiger partial charge in [0.25, 0.3) is 0 Å². The number of aliphatic hydroxyl groups is 1. The maximum absolute atomic E-state index is 9.40. The molecule has 0 saturated carbocycles. The summed E-state index contributed by atoms with van der Waals surface area (Å²) in [6, 6.07) is 0. The van der Waals surface area contributed by atoms with Crippen molar-refractivity contribution in [3.63, 3.8) is 0 Å². The molecule has 0 spiro atoms. The van der Waals surface area contributed by atoms with E-state index in [1.54, 1.807) is 0 Å².